The van der Waals surface area contributed by atoms with Crippen LogP contribution in [0.5, 0.6) is 0 Å². The van der Waals surface area contributed by atoms with E-state index in [0.29, 0.717) is 18.0 Å². The molecule has 2 unspecified atom stereocenters. The molecule has 18 heavy (non-hydrogen) atoms. The van der Waals surface area contributed by atoms with E-state index in [4.69, 9.17) is 5.73 Å². The van der Waals surface area contributed by atoms with Gasteiger partial charge in [0.2, 0.25) is 5.91 Å². The van der Waals surface area contributed by atoms with Crippen LogP contribution in [0.15, 0.2) is 0 Å². The summed E-state index contributed by atoms with van der Waals surface area (Å²) in [7, 11) is 2.20. The van der Waals surface area contributed by atoms with Gasteiger partial charge in [-0.25, -0.2) is 0 Å². The molecule has 2 saturated heterocycles. The average Bonchev–Trinajstić information content (AvgIpc) is 2.51. The Bertz CT molecular complexity index is 305. The van der Waals surface area contributed by atoms with Crippen LogP contribution in [0.4, 0.5) is 0 Å². The van der Waals surface area contributed by atoms with E-state index in [9.17, 15) is 4.79 Å². The van der Waals surface area contributed by atoms with Crippen molar-refractivity contribution < 1.29 is 4.79 Å². The Morgan fingerprint density at radius 1 is 1.28 bits per heavy atom. The van der Waals surface area contributed by atoms with Crippen molar-refractivity contribution in [1.29, 1.82) is 0 Å². The van der Waals surface area contributed by atoms with Crippen molar-refractivity contribution in [2.24, 2.45) is 11.7 Å². The minimum Gasteiger partial charge on any atom is -0.340 e. The van der Waals surface area contributed by atoms with Crippen molar-refractivity contribution in [3.63, 3.8) is 0 Å². The van der Waals surface area contributed by atoms with Gasteiger partial charge in [-0.05, 0) is 38.6 Å². The molecule has 2 rings (SSSR count). The van der Waals surface area contributed by atoms with Crippen molar-refractivity contribution in [3.8, 4) is 0 Å². The number of hydrogen-bond acceptors (Lipinski definition) is 3. The lowest BCUT2D eigenvalue weighted by Gasteiger charge is -2.28. The topological polar surface area (TPSA) is 49.6 Å². The van der Waals surface area contributed by atoms with Gasteiger partial charge in [-0.1, -0.05) is 13.8 Å². The highest BCUT2D eigenvalue weighted by Gasteiger charge is 2.36. The van der Waals surface area contributed by atoms with E-state index < -0.39 is 0 Å². The minimum atomic E-state index is -0.313. The molecule has 2 aliphatic rings. The zero-order valence-electron chi connectivity index (χ0n) is 11.9. The number of carbonyl (C=O) groups is 1. The highest BCUT2D eigenvalue weighted by molar-refractivity contribution is 5.81. The molecule has 2 aliphatic heterocycles. The van der Waals surface area contributed by atoms with Crippen molar-refractivity contribution in [3.05, 3.63) is 0 Å². The van der Waals surface area contributed by atoms with Crippen molar-refractivity contribution in [2.45, 2.75) is 57.7 Å². The molecule has 0 spiro atoms. The Labute approximate surface area is 110 Å². The molecule has 0 aromatic heterocycles. The number of rotatable bonds is 3. The fourth-order valence-corrected chi connectivity index (χ4v) is 3.35. The summed E-state index contributed by atoms with van der Waals surface area (Å²) in [6, 6.07) is 0.911. The normalized spacial score (nSPS) is 30.6. The Morgan fingerprint density at radius 3 is 2.61 bits per heavy atom. The number of carbonyl (C=O) groups excluding carboxylic acids is 1. The number of likely N-dealkylation sites (tertiary alicyclic amines) is 1. The van der Waals surface area contributed by atoms with Crippen LogP contribution in [0.2, 0.25) is 0 Å². The maximum absolute atomic E-state index is 12.4. The first kappa shape index (κ1) is 13.8. The summed E-state index contributed by atoms with van der Waals surface area (Å²) in [5, 5.41) is 0. The SMILES string of the molecule is CC(C)C[C@@H](N)C(=O)N1CCC2CCC(C1)N2C. The standard InChI is InChI=1S/C14H27N3O/c1-10(2)8-13(15)14(18)17-7-6-11-4-5-12(9-17)16(11)3/h10-13H,4-9,15H2,1-3H3/t11?,12?,13-/m1/s1. The number of likely N-dealkylation sites (N-methyl/N-ethyl adjacent to an activating group) is 1. The molecule has 1 amide bonds. The molecule has 2 heterocycles. The molecule has 3 atom stereocenters. The predicted octanol–water partition coefficient (Wildman–Crippen LogP) is 1.05. The average molecular weight is 253 g/mol. The second-order valence-corrected chi connectivity index (χ2v) is 6.36. The first-order valence-corrected chi connectivity index (χ1v) is 7.25. The van der Waals surface area contributed by atoms with Gasteiger partial charge in [-0.15, -0.1) is 0 Å². The molecule has 2 bridgehead atoms. The first-order chi connectivity index (χ1) is 8.49. The molecule has 0 radical (unpaired) electrons. The van der Waals surface area contributed by atoms with Gasteiger partial charge in [0.1, 0.15) is 0 Å². The minimum absolute atomic E-state index is 0.157. The molecule has 0 aromatic rings. The molecule has 4 heteroatoms. The van der Waals surface area contributed by atoms with Crippen LogP contribution in [0.25, 0.3) is 0 Å². The highest BCUT2D eigenvalue weighted by Crippen LogP contribution is 2.28. The monoisotopic (exact) mass is 253 g/mol. The van der Waals surface area contributed by atoms with Crippen LogP contribution in [0, 0.1) is 5.92 Å². The van der Waals surface area contributed by atoms with E-state index in [-0.39, 0.29) is 11.9 Å². The second-order valence-electron chi connectivity index (χ2n) is 6.36. The van der Waals surface area contributed by atoms with Crippen LogP contribution >= 0.6 is 0 Å². The summed E-state index contributed by atoms with van der Waals surface area (Å²) in [5.41, 5.74) is 6.03. The number of hydrogen-bond donors (Lipinski definition) is 1. The molecule has 0 saturated carbocycles. The Balaban J connectivity index is 1.95. The first-order valence-electron chi connectivity index (χ1n) is 7.25. The fraction of sp³-hybridized carbons (Fsp3) is 0.929. The van der Waals surface area contributed by atoms with E-state index in [2.05, 4.69) is 25.8 Å². The number of nitrogens with zero attached hydrogens (tertiary/aromatic N) is 2. The number of nitrogens with two attached hydrogens (primary N) is 1. The molecule has 0 aromatic carbocycles. The van der Waals surface area contributed by atoms with Gasteiger partial charge in [0.05, 0.1) is 6.04 Å². The van der Waals surface area contributed by atoms with Gasteiger partial charge in [0.15, 0.2) is 0 Å². The van der Waals surface area contributed by atoms with Gasteiger partial charge >= 0.3 is 0 Å². The zero-order valence-corrected chi connectivity index (χ0v) is 11.9. The van der Waals surface area contributed by atoms with Crippen LogP contribution in [-0.2, 0) is 4.79 Å². The summed E-state index contributed by atoms with van der Waals surface area (Å²) in [6.45, 7) is 5.99. The maximum Gasteiger partial charge on any atom is 0.239 e. The maximum atomic E-state index is 12.4. The van der Waals surface area contributed by atoms with Gasteiger partial charge in [0, 0.05) is 25.2 Å². The zero-order chi connectivity index (χ0) is 13.3. The molecule has 0 aliphatic carbocycles. The molecule has 2 fully saturated rings. The third-order valence-electron chi connectivity index (χ3n) is 4.50. The molecule has 104 valence electrons. The Morgan fingerprint density at radius 2 is 1.94 bits per heavy atom. The van der Waals surface area contributed by atoms with E-state index >= 15 is 0 Å². The number of amides is 1. The quantitative estimate of drug-likeness (QED) is 0.818. The van der Waals surface area contributed by atoms with Crippen molar-refractivity contribution in [2.75, 3.05) is 20.1 Å². The van der Waals surface area contributed by atoms with E-state index in [1.807, 2.05) is 4.90 Å². The molecule has 2 N–H and O–H groups in total. The van der Waals surface area contributed by atoms with Gasteiger partial charge in [-0.3, -0.25) is 9.69 Å². The van der Waals surface area contributed by atoms with Gasteiger partial charge < -0.3 is 10.6 Å². The molecular formula is C14H27N3O. The molecule has 4 nitrogen and oxygen atoms in total. The number of fused-ring (bicyclic) bond motifs is 2. The van der Waals surface area contributed by atoms with Crippen LogP contribution in [0.1, 0.15) is 39.5 Å². The summed E-state index contributed by atoms with van der Waals surface area (Å²) in [4.78, 5) is 16.8. The Hall–Kier alpha value is -0.610. The lowest BCUT2D eigenvalue weighted by Crippen LogP contribution is -2.47. The van der Waals surface area contributed by atoms with Crippen LogP contribution < -0.4 is 5.73 Å². The van der Waals surface area contributed by atoms with Crippen LogP contribution in [0.3, 0.4) is 0 Å². The van der Waals surface area contributed by atoms with Gasteiger partial charge in [0.25, 0.3) is 0 Å². The van der Waals surface area contributed by atoms with Crippen molar-refractivity contribution in [1.82, 2.24) is 9.80 Å². The summed E-state index contributed by atoms with van der Waals surface area (Å²) in [5.74, 6) is 0.639. The fourth-order valence-electron chi connectivity index (χ4n) is 3.35. The summed E-state index contributed by atoms with van der Waals surface area (Å²) in [6.07, 6.45) is 4.41. The summed E-state index contributed by atoms with van der Waals surface area (Å²) < 4.78 is 0. The third-order valence-corrected chi connectivity index (χ3v) is 4.50. The lowest BCUT2D eigenvalue weighted by atomic mass is 10.0. The largest absolute Gasteiger partial charge is 0.340 e. The van der Waals surface area contributed by atoms with Gasteiger partial charge in [-0.2, -0.15) is 0 Å². The Kier molecular flexibility index (Phi) is 4.28. The predicted molar refractivity (Wildman–Crippen MR) is 73.2 cm³/mol. The van der Waals surface area contributed by atoms with E-state index in [1.165, 1.54) is 12.8 Å². The highest BCUT2D eigenvalue weighted by atomic mass is 16.2. The van der Waals surface area contributed by atoms with Crippen molar-refractivity contribution >= 4 is 5.91 Å². The second kappa shape index (κ2) is 5.57. The molecular weight excluding hydrogens is 226 g/mol. The smallest absolute Gasteiger partial charge is 0.239 e. The van der Waals surface area contributed by atoms with Crippen LogP contribution in [-0.4, -0.2) is 54.0 Å². The summed E-state index contributed by atoms with van der Waals surface area (Å²) >= 11 is 0. The van der Waals surface area contributed by atoms with E-state index in [0.717, 1.165) is 25.9 Å². The third kappa shape index (κ3) is 2.86. The lowest BCUT2D eigenvalue weighted by molar-refractivity contribution is -0.133. The van der Waals surface area contributed by atoms with E-state index in [1.54, 1.807) is 0 Å².